The Morgan fingerprint density at radius 1 is 1.35 bits per heavy atom. The van der Waals surface area contributed by atoms with E-state index in [9.17, 15) is 9.18 Å². The summed E-state index contributed by atoms with van der Waals surface area (Å²) in [6, 6.07) is 6.45. The SMILES string of the molecule is CN(C)c1cnn(Cc2cccc(CN)c2F)c(=O)c1. The van der Waals surface area contributed by atoms with Crippen LogP contribution in [0.1, 0.15) is 11.1 Å². The van der Waals surface area contributed by atoms with E-state index in [1.807, 2.05) is 14.1 Å². The lowest BCUT2D eigenvalue weighted by atomic mass is 10.1. The van der Waals surface area contributed by atoms with Crippen LogP contribution in [0.25, 0.3) is 0 Å². The number of hydrogen-bond acceptors (Lipinski definition) is 4. The molecule has 1 heterocycles. The van der Waals surface area contributed by atoms with Gasteiger partial charge in [-0.2, -0.15) is 5.10 Å². The van der Waals surface area contributed by atoms with Crippen LogP contribution in [-0.4, -0.2) is 23.9 Å². The van der Waals surface area contributed by atoms with E-state index in [1.165, 1.54) is 10.7 Å². The molecule has 106 valence electrons. The molecule has 2 N–H and O–H groups in total. The standard InChI is InChI=1S/C14H17FN4O/c1-18(2)12-6-13(20)19(17-8-12)9-11-5-3-4-10(7-16)14(11)15/h3-6,8H,7,9,16H2,1-2H3. The molecule has 1 aromatic carbocycles. The summed E-state index contributed by atoms with van der Waals surface area (Å²) in [6.45, 7) is 0.216. The molecule has 0 aliphatic heterocycles. The molecule has 0 aliphatic carbocycles. The first-order valence-electron chi connectivity index (χ1n) is 6.23. The second kappa shape index (κ2) is 5.83. The van der Waals surface area contributed by atoms with Crippen molar-refractivity contribution in [2.45, 2.75) is 13.1 Å². The van der Waals surface area contributed by atoms with Crippen molar-refractivity contribution in [3.63, 3.8) is 0 Å². The Kier molecular flexibility index (Phi) is 4.14. The topological polar surface area (TPSA) is 64.2 Å². The summed E-state index contributed by atoms with van der Waals surface area (Å²) < 4.78 is 15.3. The van der Waals surface area contributed by atoms with E-state index in [2.05, 4.69) is 5.10 Å². The predicted octanol–water partition coefficient (Wildman–Crippen LogP) is 0.955. The predicted molar refractivity (Wildman–Crippen MR) is 76.2 cm³/mol. The third-order valence-corrected chi connectivity index (χ3v) is 3.07. The van der Waals surface area contributed by atoms with E-state index in [-0.39, 0.29) is 24.5 Å². The largest absolute Gasteiger partial charge is 0.376 e. The Morgan fingerprint density at radius 3 is 2.65 bits per heavy atom. The van der Waals surface area contributed by atoms with E-state index in [4.69, 9.17) is 5.73 Å². The van der Waals surface area contributed by atoms with Crippen LogP contribution in [0.2, 0.25) is 0 Å². The Hall–Kier alpha value is -2.21. The van der Waals surface area contributed by atoms with Crippen molar-refractivity contribution in [1.82, 2.24) is 9.78 Å². The van der Waals surface area contributed by atoms with Crippen molar-refractivity contribution >= 4 is 5.69 Å². The molecule has 0 saturated carbocycles. The summed E-state index contributed by atoms with van der Waals surface area (Å²) in [4.78, 5) is 13.7. The molecule has 0 radical (unpaired) electrons. The lowest BCUT2D eigenvalue weighted by Crippen LogP contribution is -2.25. The molecule has 1 aromatic heterocycles. The van der Waals surface area contributed by atoms with Crippen molar-refractivity contribution in [2.24, 2.45) is 5.73 Å². The van der Waals surface area contributed by atoms with Gasteiger partial charge in [0.15, 0.2) is 0 Å². The molecular formula is C14H17FN4O. The van der Waals surface area contributed by atoms with Crippen LogP contribution in [0.4, 0.5) is 10.1 Å². The number of nitrogens with two attached hydrogens (primary N) is 1. The first kappa shape index (κ1) is 14.2. The maximum absolute atomic E-state index is 14.1. The molecule has 20 heavy (non-hydrogen) atoms. The third-order valence-electron chi connectivity index (χ3n) is 3.07. The van der Waals surface area contributed by atoms with Gasteiger partial charge in [-0.1, -0.05) is 18.2 Å². The van der Waals surface area contributed by atoms with Gasteiger partial charge in [-0.15, -0.1) is 0 Å². The van der Waals surface area contributed by atoms with Crippen LogP contribution < -0.4 is 16.2 Å². The summed E-state index contributed by atoms with van der Waals surface area (Å²) in [7, 11) is 3.65. The number of hydrogen-bond donors (Lipinski definition) is 1. The second-order valence-corrected chi connectivity index (χ2v) is 4.70. The normalized spacial score (nSPS) is 10.6. The molecule has 0 fully saturated rings. The summed E-state index contributed by atoms with van der Waals surface area (Å²) in [5.74, 6) is -0.375. The number of nitrogens with zero attached hydrogens (tertiary/aromatic N) is 3. The number of halogens is 1. The minimum absolute atomic E-state index is 0.0895. The van der Waals surface area contributed by atoms with E-state index in [0.29, 0.717) is 16.8 Å². The molecule has 5 nitrogen and oxygen atoms in total. The van der Waals surface area contributed by atoms with E-state index < -0.39 is 0 Å². The molecule has 0 bridgehead atoms. The first-order valence-corrected chi connectivity index (χ1v) is 6.23. The molecule has 0 amide bonds. The Labute approximate surface area is 116 Å². The Balaban J connectivity index is 2.33. The minimum Gasteiger partial charge on any atom is -0.376 e. The molecule has 0 spiro atoms. The van der Waals surface area contributed by atoms with Crippen molar-refractivity contribution < 1.29 is 4.39 Å². The third kappa shape index (κ3) is 2.85. The fraction of sp³-hybridized carbons (Fsp3) is 0.286. The van der Waals surface area contributed by atoms with Gasteiger partial charge in [-0.05, 0) is 0 Å². The maximum atomic E-state index is 14.1. The van der Waals surface area contributed by atoms with Gasteiger partial charge in [0.2, 0.25) is 0 Å². The summed E-state index contributed by atoms with van der Waals surface area (Å²) >= 11 is 0. The van der Waals surface area contributed by atoms with Crippen LogP contribution in [0.15, 0.2) is 35.3 Å². The van der Waals surface area contributed by atoms with Gasteiger partial charge in [0.1, 0.15) is 5.82 Å². The number of benzene rings is 1. The van der Waals surface area contributed by atoms with Gasteiger partial charge in [0, 0.05) is 37.8 Å². The van der Waals surface area contributed by atoms with Crippen LogP contribution in [0.3, 0.4) is 0 Å². The lowest BCUT2D eigenvalue weighted by molar-refractivity contribution is 0.561. The minimum atomic E-state index is -0.375. The van der Waals surface area contributed by atoms with E-state index in [1.54, 1.807) is 29.3 Å². The van der Waals surface area contributed by atoms with Gasteiger partial charge in [-0.25, -0.2) is 9.07 Å². The molecule has 0 atom stereocenters. The zero-order chi connectivity index (χ0) is 14.7. The fourth-order valence-electron chi connectivity index (χ4n) is 1.86. The summed E-state index contributed by atoms with van der Waals surface area (Å²) in [6.07, 6.45) is 1.58. The molecule has 6 heteroatoms. The van der Waals surface area contributed by atoms with Gasteiger partial charge in [-0.3, -0.25) is 4.79 Å². The van der Waals surface area contributed by atoms with Crippen LogP contribution in [0.5, 0.6) is 0 Å². The van der Waals surface area contributed by atoms with Gasteiger partial charge >= 0.3 is 0 Å². The number of aromatic nitrogens is 2. The van der Waals surface area contributed by atoms with Crippen molar-refractivity contribution in [3.8, 4) is 0 Å². The molecule has 0 unspecified atom stereocenters. The van der Waals surface area contributed by atoms with Crippen molar-refractivity contribution in [3.05, 3.63) is 57.8 Å². The molecule has 2 aromatic rings. The quantitative estimate of drug-likeness (QED) is 0.903. The Bertz CT molecular complexity index is 666. The smallest absolute Gasteiger partial charge is 0.269 e. The van der Waals surface area contributed by atoms with Gasteiger partial charge in [0.25, 0.3) is 5.56 Å². The molecule has 0 aliphatic rings. The van der Waals surface area contributed by atoms with Crippen molar-refractivity contribution in [2.75, 3.05) is 19.0 Å². The average molecular weight is 276 g/mol. The zero-order valence-electron chi connectivity index (χ0n) is 11.5. The number of rotatable bonds is 4. The van der Waals surface area contributed by atoms with Crippen LogP contribution in [0, 0.1) is 5.82 Å². The van der Waals surface area contributed by atoms with E-state index >= 15 is 0 Å². The van der Waals surface area contributed by atoms with Crippen LogP contribution >= 0.6 is 0 Å². The highest BCUT2D eigenvalue weighted by Gasteiger charge is 2.09. The fourth-order valence-corrected chi connectivity index (χ4v) is 1.86. The van der Waals surface area contributed by atoms with Gasteiger partial charge in [0.05, 0.1) is 18.4 Å². The molecular weight excluding hydrogens is 259 g/mol. The first-order chi connectivity index (χ1) is 9.52. The average Bonchev–Trinajstić information content (AvgIpc) is 2.43. The lowest BCUT2D eigenvalue weighted by Gasteiger charge is -2.13. The summed E-state index contributed by atoms with van der Waals surface area (Å²) in [5.41, 5.74) is 6.74. The highest BCUT2D eigenvalue weighted by Crippen LogP contribution is 2.13. The second-order valence-electron chi connectivity index (χ2n) is 4.70. The van der Waals surface area contributed by atoms with Crippen LogP contribution in [-0.2, 0) is 13.1 Å². The number of anilines is 1. The van der Waals surface area contributed by atoms with E-state index in [0.717, 1.165) is 0 Å². The Morgan fingerprint density at radius 2 is 2.05 bits per heavy atom. The summed E-state index contributed by atoms with van der Waals surface area (Å²) in [5, 5.41) is 4.06. The highest BCUT2D eigenvalue weighted by molar-refractivity contribution is 5.40. The molecule has 0 saturated heterocycles. The molecule has 2 rings (SSSR count). The highest BCUT2D eigenvalue weighted by atomic mass is 19.1. The maximum Gasteiger partial charge on any atom is 0.269 e. The van der Waals surface area contributed by atoms with Crippen molar-refractivity contribution in [1.29, 1.82) is 0 Å². The van der Waals surface area contributed by atoms with Gasteiger partial charge < -0.3 is 10.6 Å². The zero-order valence-corrected chi connectivity index (χ0v) is 11.5. The monoisotopic (exact) mass is 276 g/mol.